The van der Waals surface area contributed by atoms with Gasteiger partial charge in [0.2, 0.25) is 5.91 Å². The van der Waals surface area contributed by atoms with Gasteiger partial charge in [0.15, 0.2) is 0 Å². The number of aryl methyl sites for hydroxylation is 1. The third-order valence-electron chi connectivity index (χ3n) is 3.53. The number of aromatic nitrogens is 1. The number of hydrogen-bond donors (Lipinski definition) is 2. The molecule has 0 bridgehead atoms. The van der Waals surface area contributed by atoms with E-state index >= 15 is 0 Å². The number of rotatable bonds is 6. The first kappa shape index (κ1) is 13.6. The van der Waals surface area contributed by atoms with E-state index in [0.717, 1.165) is 30.7 Å². The van der Waals surface area contributed by atoms with Crippen molar-refractivity contribution in [2.24, 2.45) is 0 Å². The van der Waals surface area contributed by atoms with E-state index < -0.39 is 5.97 Å². The Hall–Kier alpha value is -1.78. The Labute approximate surface area is 112 Å². The fourth-order valence-electron chi connectivity index (χ4n) is 2.29. The van der Waals surface area contributed by atoms with Crippen molar-refractivity contribution >= 4 is 11.9 Å². The van der Waals surface area contributed by atoms with Crippen LogP contribution >= 0.6 is 0 Å². The highest BCUT2D eigenvalue weighted by Crippen LogP contribution is 2.19. The lowest BCUT2D eigenvalue weighted by atomic mass is 10.2. The third kappa shape index (κ3) is 3.36. The van der Waals surface area contributed by atoms with E-state index in [1.165, 1.54) is 0 Å². The van der Waals surface area contributed by atoms with E-state index in [-0.39, 0.29) is 5.91 Å². The number of aromatic carboxylic acids is 1. The molecule has 1 amide bonds. The van der Waals surface area contributed by atoms with Crippen LogP contribution in [0.1, 0.15) is 47.4 Å². The fourth-order valence-corrected chi connectivity index (χ4v) is 2.29. The Morgan fingerprint density at radius 2 is 2.11 bits per heavy atom. The van der Waals surface area contributed by atoms with Gasteiger partial charge < -0.3 is 15.0 Å². The van der Waals surface area contributed by atoms with E-state index in [4.69, 9.17) is 5.11 Å². The topological polar surface area (TPSA) is 71.3 Å². The molecule has 19 heavy (non-hydrogen) atoms. The van der Waals surface area contributed by atoms with Gasteiger partial charge in [-0.3, -0.25) is 4.79 Å². The minimum Gasteiger partial charge on any atom is -0.478 e. The van der Waals surface area contributed by atoms with Crippen molar-refractivity contribution in [3.8, 4) is 0 Å². The predicted molar refractivity (Wildman–Crippen MR) is 71.3 cm³/mol. The van der Waals surface area contributed by atoms with Gasteiger partial charge in [0.25, 0.3) is 0 Å². The van der Waals surface area contributed by atoms with Crippen molar-refractivity contribution in [1.29, 1.82) is 0 Å². The van der Waals surface area contributed by atoms with Gasteiger partial charge in [0.05, 0.1) is 5.56 Å². The number of nitrogens with one attached hydrogen (secondary N) is 1. The Bertz CT molecular complexity index is 501. The van der Waals surface area contributed by atoms with E-state index in [1.807, 2.05) is 11.5 Å². The summed E-state index contributed by atoms with van der Waals surface area (Å²) in [6, 6.07) is 2.09. The Morgan fingerprint density at radius 1 is 1.42 bits per heavy atom. The van der Waals surface area contributed by atoms with Crippen molar-refractivity contribution in [2.45, 2.75) is 52.1 Å². The minimum absolute atomic E-state index is 0.100. The van der Waals surface area contributed by atoms with Crippen LogP contribution in [0.5, 0.6) is 0 Å². The molecule has 1 aliphatic rings. The maximum Gasteiger partial charge on any atom is 0.337 e. The average molecular weight is 264 g/mol. The van der Waals surface area contributed by atoms with Gasteiger partial charge in [-0.05, 0) is 39.2 Å². The van der Waals surface area contributed by atoms with Crippen LogP contribution in [0.2, 0.25) is 0 Å². The summed E-state index contributed by atoms with van der Waals surface area (Å²) >= 11 is 0. The second kappa shape index (κ2) is 5.47. The van der Waals surface area contributed by atoms with Gasteiger partial charge in [-0.1, -0.05) is 0 Å². The number of carboxylic acid groups (broad SMARTS) is 1. The first-order valence-corrected chi connectivity index (χ1v) is 6.68. The molecule has 1 saturated carbocycles. The molecule has 0 atom stereocenters. The molecular weight excluding hydrogens is 244 g/mol. The van der Waals surface area contributed by atoms with Crippen molar-refractivity contribution in [3.05, 3.63) is 23.0 Å². The largest absolute Gasteiger partial charge is 0.478 e. The number of nitrogens with zero attached hydrogens (tertiary/aromatic N) is 1. The fraction of sp³-hybridized carbons (Fsp3) is 0.571. The van der Waals surface area contributed by atoms with Gasteiger partial charge in [0.1, 0.15) is 0 Å². The second-order valence-corrected chi connectivity index (χ2v) is 5.19. The smallest absolute Gasteiger partial charge is 0.337 e. The molecule has 0 radical (unpaired) electrons. The molecule has 5 nitrogen and oxygen atoms in total. The van der Waals surface area contributed by atoms with Gasteiger partial charge in [-0.15, -0.1) is 0 Å². The van der Waals surface area contributed by atoms with E-state index in [0.29, 0.717) is 24.6 Å². The highest BCUT2D eigenvalue weighted by atomic mass is 16.4. The third-order valence-corrected chi connectivity index (χ3v) is 3.53. The van der Waals surface area contributed by atoms with E-state index in [1.54, 1.807) is 13.0 Å². The van der Waals surface area contributed by atoms with Gasteiger partial charge in [-0.25, -0.2) is 4.79 Å². The van der Waals surface area contributed by atoms with Crippen LogP contribution in [-0.4, -0.2) is 27.6 Å². The van der Waals surface area contributed by atoms with Crippen LogP contribution in [0.4, 0.5) is 0 Å². The number of amides is 1. The highest BCUT2D eigenvalue weighted by Gasteiger charge is 2.22. The maximum atomic E-state index is 11.6. The number of carbonyl (C=O) groups is 2. The summed E-state index contributed by atoms with van der Waals surface area (Å²) in [6.07, 6.45) is 3.43. The van der Waals surface area contributed by atoms with Crippen LogP contribution in [0, 0.1) is 13.8 Å². The molecule has 1 fully saturated rings. The van der Waals surface area contributed by atoms with Crippen molar-refractivity contribution in [2.75, 3.05) is 0 Å². The Morgan fingerprint density at radius 3 is 2.63 bits per heavy atom. The predicted octanol–water partition coefficient (Wildman–Crippen LogP) is 1.86. The zero-order valence-electron chi connectivity index (χ0n) is 11.4. The van der Waals surface area contributed by atoms with Crippen LogP contribution in [0.15, 0.2) is 6.07 Å². The summed E-state index contributed by atoms with van der Waals surface area (Å²) in [4.78, 5) is 22.6. The molecule has 1 aromatic rings. The average Bonchev–Trinajstić information content (AvgIpc) is 3.09. The summed E-state index contributed by atoms with van der Waals surface area (Å²) in [5, 5.41) is 12.0. The summed E-state index contributed by atoms with van der Waals surface area (Å²) in [5.41, 5.74) is 2.03. The number of carbonyl (C=O) groups excluding carboxylic acids is 1. The molecule has 0 aromatic carbocycles. The molecule has 5 heteroatoms. The molecule has 0 unspecified atom stereocenters. The summed E-state index contributed by atoms with van der Waals surface area (Å²) < 4.78 is 1.97. The van der Waals surface area contributed by atoms with Crippen molar-refractivity contribution in [3.63, 3.8) is 0 Å². The SMILES string of the molecule is Cc1cc(C(=O)O)c(C)n1CCCC(=O)NC1CC1. The lowest BCUT2D eigenvalue weighted by molar-refractivity contribution is -0.121. The minimum atomic E-state index is -0.897. The molecule has 2 rings (SSSR count). The lowest BCUT2D eigenvalue weighted by Crippen LogP contribution is -2.25. The molecule has 104 valence electrons. The number of hydrogen-bond acceptors (Lipinski definition) is 2. The second-order valence-electron chi connectivity index (χ2n) is 5.19. The first-order chi connectivity index (χ1) is 8.99. The summed E-state index contributed by atoms with van der Waals surface area (Å²) in [6.45, 7) is 4.38. The molecular formula is C14H20N2O3. The van der Waals surface area contributed by atoms with Crippen LogP contribution < -0.4 is 5.32 Å². The Kier molecular flexibility index (Phi) is 3.93. The summed E-state index contributed by atoms with van der Waals surface area (Å²) in [7, 11) is 0. The van der Waals surface area contributed by atoms with E-state index in [9.17, 15) is 9.59 Å². The molecule has 0 saturated heterocycles. The zero-order chi connectivity index (χ0) is 14.0. The van der Waals surface area contributed by atoms with Crippen LogP contribution in [0.3, 0.4) is 0 Å². The normalized spacial score (nSPS) is 14.4. The standard InChI is InChI=1S/C14H20N2O3/c1-9-8-12(14(18)19)10(2)16(9)7-3-4-13(17)15-11-5-6-11/h8,11H,3-7H2,1-2H3,(H,15,17)(H,18,19). The first-order valence-electron chi connectivity index (χ1n) is 6.68. The Balaban J connectivity index is 1.88. The highest BCUT2D eigenvalue weighted by molar-refractivity contribution is 5.89. The quantitative estimate of drug-likeness (QED) is 0.823. The maximum absolute atomic E-state index is 11.6. The zero-order valence-corrected chi connectivity index (χ0v) is 11.4. The molecule has 1 aromatic heterocycles. The van der Waals surface area contributed by atoms with Gasteiger partial charge in [-0.2, -0.15) is 0 Å². The monoisotopic (exact) mass is 264 g/mol. The molecule has 1 aliphatic carbocycles. The van der Waals surface area contributed by atoms with Crippen molar-refractivity contribution < 1.29 is 14.7 Å². The summed E-state index contributed by atoms with van der Waals surface area (Å²) in [5.74, 6) is -0.797. The van der Waals surface area contributed by atoms with E-state index in [2.05, 4.69) is 5.32 Å². The van der Waals surface area contributed by atoms with Gasteiger partial charge in [0, 0.05) is 30.4 Å². The molecule has 2 N–H and O–H groups in total. The van der Waals surface area contributed by atoms with Gasteiger partial charge >= 0.3 is 5.97 Å². The molecule has 0 aliphatic heterocycles. The van der Waals surface area contributed by atoms with Crippen molar-refractivity contribution in [1.82, 2.24) is 9.88 Å². The number of carboxylic acids is 1. The van der Waals surface area contributed by atoms with Crippen LogP contribution in [-0.2, 0) is 11.3 Å². The lowest BCUT2D eigenvalue weighted by Gasteiger charge is -2.09. The van der Waals surface area contributed by atoms with Crippen LogP contribution in [0.25, 0.3) is 0 Å². The molecule has 1 heterocycles. The molecule has 0 spiro atoms.